The van der Waals surface area contributed by atoms with Gasteiger partial charge in [-0.3, -0.25) is 14.4 Å². The van der Waals surface area contributed by atoms with Crippen molar-refractivity contribution in [2.75, 3.05) is 10.6 Å². The molecule has 1 aromatic heterocycles. The van der Waals surface area contributed by atoms with Gasteiger partial charge in [0.1, 0.15) is 5.82 Å². The van der Waals surface area contributed by atoms with Crippen molar-refractivity contribution in [2.45, 2.75) is 37.1 Å². The minimum atomic E-state index is -0.932. The number of thioether (sulfide) groups is 1. The molecule has 3 aromatic rings. The molecule has 7 nitrogen and oxygen atoms in total. The molecule has 0 saturated heterocycles. The van der Waals surface area contributed by atoms with E-state index in [1.807, 2.05) is 50.2 Å². The summed E-state index contributed by atoms with van der Waals surface area (Å²) in [5, 5.41) is 6.43. The van der Waals surface area contributed by atoms with E-state index in [1.54, 1.807) is 6.07 Å². The zero-order valence-corrected chi connectivity index (χ0v) is 19.1. The van der Waals surface area contributed by atoms with E-state index in [-0.39, 0.29) is 23.7 Å². The average molecular weight is 469 g/mol. The first-order valence-electron chi connectivity index (χ1n) is 10.00. The molecule has 1 unspecified atom stereocenters. The summed E-state index contributed by atoms with van der Waals surface area (Å²) in [6, 6.07) is 13.1. The zero-order chi connectivity index (χ0) is 22.8. The molecule has 3 N–H and O–H groups in total. The second-order valence-corrected chi connectivity index (χ2v) is 9.00. The van der Waals surface area contributed by atoms with E-state index in [0.717, 1.165) is 16.7 Å². The third-order valence-corrected chi connectivity index (χ3v) is 6.50. The summed E-state index contributed by atoms with van der Waals surface area (Å²) in [5.74, 6) is -1.10. The Morgan fingerprint density at radius 2 is 2.00 bits per heavy atom. The summed E-state index contributed by atoms with van der Waals surface area (Å²) >= 11 is 7.48. The molecule has 0 saturated carbocycles. The van der Waals surface area contributed by atoms with Crippen LogP contribution in [0.3, 0.4) is 0 Å². The SMILES string of the molecule is Cc1ccc(NC(=O)C2CC(=O)Nc3nc(SCc4ccccc4Cl)[nH]c(=O)c32)c(C)c1. The van der Waals surface area contributed by atoms with Crippen LogP contribution < -0.4 is 16.2 Å². The van der Waals surface area contributed by atoms with Gasteiger partial charge in [-0.2, -0.15) is 0 Å². The number of aromatic amines is 1. The number of hydrogen-bond donors (Lipinski definition) is 3. The lowest BCUT2D eigenvalue weighted by Gasteiger charge is -2.24. The van der Waals surface area contributed by atoms with Crippen LogP contribution in [0.5, 0.6) is 0 Å². The molecule has 2 amide bonds. The molecule has 0 bridgehead atoms. The van der Waals surface area contributed by atoms with Crippen LogP contribution in [0.1, 0.15) is 34.6 Å². The summed E-state index contributed by atoms with van der Waals surface area (Å²) in [6.45, 7) is 3.86. The molecule has 0 radical (unpaired) electrons. The number of aromatic nitrogens is 2. The highest BCUT2D eigenvalue weighted by atomic mass is 35.5. The number of nitrogens with zero attached hydrogens (tertiary/aromatic N) is 1. The fraction of sp³-hybridized carbons (Fsp3) is 0.217. The van der Waals surface area contributed by atoms with Crippen LogP contribution in [0.2, 0.25) is 5.02 Å². The van der Waals surface area contributed by atoms with Crippen LogP contribution >= 0.6 is 23.4 Å². The number of halogens is 1. The maximum atomic E-state index is 13.0. The van der Waals surface area contributed by atoms with Crippen molar-refractivity contribution in [2.24, 2.45) is 0 Å². The van der Waals surface area contributed by atoms with Crippen molar-refractivity contribution in [1.29, 1.82) is 0 Å². The van der Waals surface area contributed by atoms with Crippen molar-refractivity contribution < 1.29 is 9.59 Å². The minimum absolute atomic E-state index is 0.118. The highest BCUT2D eigenvalue weighted by Gasteiger charge is 2.35. The number of carbonyl (C=O) groups is 2. The summed E-state index contributed by atoms with van der Waals surface area (Å²) in [5.41, 5.74) is 3.23. The molecule has 1 aliphatic rings. The van der Waals surface area contributed by atoms with Crippen molar-refractivity contribution in [3.8, 4) is 0 Å². The summed E-state index contributed by atoms with van der Waals surface area (Å²) in [6.07, 6.45) is -0.124. The molecule has 0 aliphatic carbocycles. The van der Waals surface area contributed by atoms with Crippen LogP contribution in [0.15, 0.2) is 52.4 Å². The molecule has 4 rings (SSSR count). The Morgan fingerprint density at radius 1 is 1.22 bits per heavy atom. The Labute approximate surface area is 194 Å². The number of anilines is 2. The second-order valence-electron chi connectivity index (χ2n) is 7.63. The molecular formula is C23H21ClN4O3S. The lowest BCUT2D eigenvalue weighted by molar-refractivity contribution is -0.123. The van der Waals surface area contributed by atoms with Gasteiger partial charge in [0.25, 0.3) is 5.56 Å². The van der Waals surface area contributed by atoms with Gasteiger partial charge in [-0.05, 0) is 37.1 Å². The summed E-state index contributed by atoms with van der Waals surface area (Å²) in [4.78, 5) is 45.3. The van der Waals surface area contributed by atoms with E-state index in [2.05, 4.69) is 20.6 Å². The van der Waals surface area contributed by atoms with Gasteiger partial charge >= 0.3 is 0 Å². The Morgan fingerprint density at radius 3 is 2.75 bits per heavy atom. The Kier molecular flexibility index (Phi) is 6.34. The van der Waals surface area contributed by atoms with Crippen LogP contribution in [-0.4, -0.2) is 21.8 Å². The predicted octanol–water partition coefficient (Wildman–Crippen LogP) is 4.40. The normalized spacial score (nSPS) is 15.1. The van der Waals surface area contributed by atoms with Crippen molar-refractivity contribution >= 4 is 46.7 Å². The van der Waals surface area contributed by atoms with Crippen LogP contribution in [-0.2, 0) is 15.3 Å². The van der Waals surface area contributed by atoms with Gasteiger partial charge in [0.05, 0.1) is 11.5 Å². The van der Waals surface area contributed by atoms with Crippen molar-refractivity contribution in [1.82, 2.24) is 9.97 Å². The maximum Gasteiger partial charge on any atom is 0.257 e. The number of H-pyrrole nitrogens is 1. The standard InChI is InChI=1S/C23H21ClN4O3S/c1-12-7-8-17(13(2)9-12)25-21(30)15-10-18(29)26-20-19(15)22(31)28-23(27-20)32-11-14-5-3-4-6-16(14)24/h3-9,15H,10-11H2,1-2H3,(H,25,30)(H2,26,27,28,29,31). The Bertz CT molecular complexity index is 1270. The lowest BCUT2D eigenvalue weighted by Crippen LogP contribution is -2.36. The molecular weight excluding hydrogens is 448 g/mol. The lowest BCUT2D eigenvalue weighted by atomic mass is 9.92. The van der Waals surface area contributed by atoms with Gasteiger partial charge in [0.2, 0.25) is 11.8 Å². The van der Waals surface area contributed by atoms with Gasteiger partial charge in [0, 0.05) is 22.9 Å². The van der Waals surface area contributed by atoms with E-state index in [1.165, 1.54) is 11.8 Å². The second kappa shape index (κ2) is 9.18. The van der Waals surface area contributed by atoms with Crippen molar-refractivity contribution in [3.05, 3.63) is 80.1 Å². The van der Waals surface area contributed by atoms with Gasteiger partial charge in [0.15, 0.2) is 5.16 Å². The first kappa shape index (κ1) is 22.1. The van der Waals surface area contributed by atoms with Crippen LogP contribution in [0.25, 0.3) is 0 Å². The van der Waals surface area contributed by atoms with E-state index >= 15 is 0 Å². The Hall–Kier alpha value is -3.10. The van der Waals surface area contributed by atoms with Gasteiger partial charge in [-0.25, -0.2) is 4.98 Å². The quantitative estimate of drug-likeness (QED) is 0.380. The third-order valence-electron chi connectivity index (χ3n) is 5.21. The number of benzene rings is 2. The molecule has 9 heteroatoms. The number of fused-ring (bicyclic) bond motifs is 1. The average Bonchev–Trinajstić information content (AvgIpc) is 2.74. The molecule has 32 heavy (non-hydrogen) atoms. The smallest absolute Gasteiger partial charge is 0.257 e. The molecule has 164 valence electrons. The Balaban J connectivity index is 1.59. The van der Waals surface area contributed by atoms with Gasteiger partial charge in [-0.1, -0.05) is 59.3 Å². The van der Waals surface area contributed by atoms with Gasteiger partial charge < -0.3 is 15.6 Å². The van der Waals surface area contributed by atoms with E-state index < -0.39 is 17.4 Å². The first-order chi connectivity index (χ1) is 15.3. The third kappa shape index (κ3) is 4.71. The molecule has 1 aliphatic heterocycles. The zero-order valence-electron chi connectivity index (χ0n) is 17.5. The van der Waals surface area contributed by atoms with E-state index in [4.69, 9.17) is 11.6 Å². The molecule has 2 heterocycles. The van der Waals surface area contributed by atoms with Crippen LogP contribution in [0, 0.1) is 13.8 Å². The highest BCUT2D eigenvalue weighted by molar-refractivity contribution is 7.98. The first-order valence-corrected chi connectivity index (χ1v) is 11.4. The van der Waals surface area contributed by atoms with E-state index in [9.17, 15) is 14.4 Å². The number of amides is 2. The molecule has 0 spiro atoms. The van der Waals surface area contributed by atoms with Crippen LogP contribution in [0.4, 0.5) is 11.5 Å². The van der Waals surface area contributed by atoms with E-state index in [0.29, 0.717) is 21.6 Å². The molecule has 1 atom stereocenters. The van der Waals surface area contributed by atoms with Gasteiger partial charge in [-0.15, -0.1) is 0 Å². The largest absolute Gasteiger partial charge is 0.325 e. The number of carbonyl (C=O) groups excluding carboxylic acids is 2. The van der Waals surface area contributed by atoms with Crippen molar-refractivity contribution in [3.63, 3.8) is 0 Å². The molecule has 0 fully saturated rings. The molecule has 2 aromatic carbocycles. The predicted molar refractivity (Wildman–Crippen MR) is 126 cm³/mol. The summed E-state index contributed by atoms with van der Waals surface area (Å²) in [7, 11) is 0. The number of aryl methyl sites for hydroxylation is 2. The highest BCUT2D eigenvalue weighted by Crippen LogP contribution is 2.32. The topological polar surface area (TPSA) is 104 Å². The number of hydrogen-bond acceptors (Lipinski definition) is 5. The number of nitrogens with one attached hydrogen (secondary N) is 3. The monoisotopic (exact) mass is 468 g/mol. The number of rotatable bonds is 5. The summed E-state index contributed by atoms with van der Waals surface area (Å²) < 4.78 is 0. The fourth-order valence-electron chi connectivity index (χ4n) is 3.58. The minimum Gasteiger partial charge on any atom is -0.325 e. The maximum absolute atomic E-state index is 13.0. The fourth-order valence-corrected chi connectivity index (χ4v) is 4.72.